The van der Waals surface area contributed by atoms with Gasteiger partial charge >= 0.3 is 5.69 Å². The summed E-state index contributed by atoms with van der Waals surface area (Å²) in [5.41, 5.74) is 1.20. The molecule has 3 rings (SSSR count). The first-order valence-corrected chi connectivity index (χ1v) is 10.2. The van der Waals surface area contributed by atoms with Gasteiger partial charge in [-0.25, -0.2) is 4.79 Å². The first-order chi connectivity index (χ1) is 13.9. The Hall–Kier alpha value is -2.87. The van der Waals surface area contributed by atoms with Gasteiger partial charge in [-0.3, -0.25) is 18.5 Å². The molecule has 0 bridgehead atoms. The van der Waals surface area contributed by atoms with Gasteiger partial charge in [0.25, 0.3) is 5.56 Å². The number of nitrogens with one attached hydrogen (secondary N) is 2. The van der Waals surface area contributed by atoms with Crippen molar-refractivity contribution in [2.45, 2.75) is 26.8 Å². The number of imidazole rings is 1. The van der Waals surface area contributed by atoms with Gasteiger partial charge in [0.2, 0.25) is 5.95 Å². The second-order valence-corrected chi connectivity index (χ2v) is 7.40. The van der Waals surface area contributed by atoms with Gasteiger partial charge in [0.1, 0.15) is 0 Å². The molecule has 0 saturated carbocycles. The Morgan fingerprint density at radius 2 is 1.72 bits per heavy atom. The summed E-state index contributed by atoms with van der Waals surface area (Å²) < 4.78 is 4.50. The minimum Gasteiger partial charge on any atom is -0.350 e. The molecular weight excluding hydrogens is 368 g/mol. The van der Waals surface area contributed by atoms with Crippen LogP contribution in [-0.2, 0) is 14.1 Å². The molecule has 3 aromatic rings. The van der Waals surface area contributed by atoms with Crippen molar-refractivity contribution in [1.29, 1.82) is 0 Å². The Bertz CT molecular complexity index is 1090. The van der Waals surface area contributed by atoms with Gasteiger partial charge in [-0.15, -0.1) is 0 Å². The molecule has 1 aromatic carbocycles. The van der Waals surface area contributed by atoms with E-state index in [1.54, 1.807) is 7.05 Å². The highest BCUT2D eigenvalue weighted by molar-refractivity contribution is 5.74. The number of nitrogens with zero attached hydrogens (tertiary/aromatic N) is 4. The molecule has 0 aliphatic heterocycles. The summed E-state index contributed by atoms with van der Waals surface area (Å²) in [6.45, 7) is 10.2. The molecule has 0 aliphatic rings. The van der Waals surface area contributed by atoms with E-state index in [2.05, 4.69) is 24.1 Å². The summed E-state index contributed by atoms with van der Waals surface area (Å²) in [5.74, 6) is 0.612. The lowest BCUT2D eigenvalue weighted by molar-refractivity contribution is -0.894. The maximum atomic E-state index is 13.0. The number of hydrogen-bond donors (Lipinski definition) is 2. The third-order valence-corrected chi connectivity index (χ3v) is 5.72. The third kappa shape index (κ3) is 3.85. The molecule has 156 valence electrons. The van der Waals surface area contributed by atoms with Crippen molar-refractivity contribution in [3.8, 4) is 0 Å². The first kappa shape index (κ1) is 20.9. The largest absolute Gasteiger partial charge is 0.350 e. The van der Waals surface area contributed by atoms with E-state index >= 15 is 0 Å². The summed E-state index contributed by atoms with van der Waals surface area (Å²) in [6, 6.07) is 9.89. The standard InChI is InChI=1S/C21H30N6O2/c1-6-26(7-2)14-13-22-20-23-18-17(19(28)25(5)21(29)24(18)4)27(20)15(3)16-11-9-8-10-12-16/h8-12,15H,6-7,13-14H2,1-5H3,(H,22,23)/p+1/t15-/m0/s1. The van der Waals surface area contributed by atoms with Crippen LogP contribution in [0.3, 0.4) is 0 Å². The molecule has 0 spiro atoms. The molecule has 2 aromatic heterocycles. The molecule has 2 N–H and O–H groups in total. The SMILES string of the molecule is CC[NH+](CC)CCNc1nc2c(c(=O)n(C)c(=O)n2C)n1[C@@H](C)c1ccccc1. The van der Waals surface area contributed by atoms with Gasteiger partial charge in [0.05, 0.1) is 32.2 Å². The van der Waals surface area contributed by atoms with Crippen LogP contribution in [0.25, 0.3) is 11.2 Å². The van der Waals surface area contributed by atoms with E-state index in [0.29, 0.717) is 17.1 Å². The summed E-state index contributed by atoms with van der Waals surface area (Å²) in [7, 11) is 3.16. The van der Waals surface area contributed by atoms with Gasteiger partial charge < -0.3 is 10.2 Å². The van der Waals surface area contributed by atoms with Gasteiger partial charge in [-0.2, -0.15) is 4.98 Å². The number of aryl methyl sites for hydroxylation is 1. The van der Waals surface area contributed by atoms with Crippen LogP contribution in [0.15, 0.2) is 39.9 Å². The highest BCUT2D eigenvalue weighted by Crippen LogP contribution is 2.26. The Balaban J connectivity index is 2.14. The van der Waals surface area contributed by atoms with Crippen LogP contribution in [0.1, 0.15) is 32.4 Å². The van der Waals surface area contributed by atoms with Crippen LogP contribution < -0.4 is 21.5 Å². The molecule has 0 saturated heterocycles. The lowest BCUT2D eigenvalue weighted by Gasteiger charge is -2.20. The van der Waals surface area contributed by atoms with Gasteiger partial charge in [-0.1, -0.05) is 30.3 Å². The Morgan fingerprint density at radius 3 is 2.34 bits per heavy atom. The van der Waals surface area contributed by atoms with Gasteiger partial charge in [0, 0.05) is 14.1 Å². The molecule has 0 amide bonds. The Labute approximate surface area is 170 Å². The second kappa shape index (κ2) is 8.65. The highest BCUT2D eigenvalue weighted by Gasteiger charge is 2.23. The zero-order valence-corrected chi connectivity index (χ0v) is 17.9. The smallest absolute Gasteiger partial charge is 0.332 e. The number of benzene rings is 1. The molecule has 8 nitrogen and oxygen atoms in total. The van der Waals surface area contributed by atoms with Crippen molar-refractivity contribution in [1.82, 2.24) is 18.7 Å². The lowest BCUT2D eigenvalue weighted by atomic mass is 10.1. The lowest BCUT2D eigenvalue weighted by Crippen LogP contribution is -3.12. The van der Waals surface area contributed by atoms with Crippen molar-refractivity contribution in [3.05, 3.63) is 56.7 Å². The molecule has 0 radical (unpaired) electrons. The molecule has 2 heterocycles. The molecule has 8 heteroatoms. The Kier molecular flexibility index (Phi) is 6.22. The zero-order valence-electron chi connectivity index (χ0n) is 17.9. The van der Waals surface area contributed by atoms with E-state index < -0.39 is 0 Å². The maximum absolute atomic E-state index is 13.0. The van der Waals surface area contributed by atoms with E-state index in [1.165, 1.54) is 16.5 Å². The van der Waals surface area contributed by atoms with Crippen LogP contribution in [0.5, 0.6) is 0 Å². The molecule has 0 unspecified atom stereocenters. The monoisotopic (exact) mass is 399 g/mol. The van der Waals surface area contributed by atoms with Crippen LogP contribution in [0, 0.1) is 0 Å². The molecule has 0 fully saturated rings. The summed E-state index contributed by atoms with van der Waals surface area (Å²) >= 11 is 0. The summed E-state index contributed by atoms with van der Waals surface area (Å²) in [4.78, 5) is 31.5. The molecular formula is C21H31N6O2+. The Morgan fingerprint density at radius 1 is 1.07 bits per heavy atom. The summed E-state index contributed by atoms with van der Waals surface area (Å²) in [6.07, 6.45) is 0. The van der Waals surface area contributed by atoms with E-state index in [-0.39, 0.29) is 17.3 Å². The van der Waals surface area contributed by atoms with Crippen LogP contribution in [-0.4, -0.2) is 44.9 Å². The summed E-state index contributed by atoms with van der Waals surface area (Å²) in [5, 5.41) is 3.41. The van der Waals surface area contributed by atoms with Gasteiger partial charge in [-0.05, 0) is 26.3 Å². The minimum atomic E-state index is -0.376. The average Bonchev–Trinajstić information content (AvgIpc) is 3.13. The topological polar surface area (TPSA) is 78.3 Å². The fourth-order valence-electron chi connectivity index (χ4n) is 3.75. The fraction of sp³-hybridized carbons (Fsp3) is 0.476. The molecule has 0 aliphatic carbocycles. The van der Waals surface area contributed by atoms with Crippen molar-refractivity contribution < 1.29 is 4.90 Å². The van der Waals surface area contributed by atoms with E-state index in [1.807, 2.05) is 41.8 Å². The number of rotatable bonds is 8. The predicted molar refractivity (Wildman–Crippen MR) is 116 cm³/mol. The quantitative estimate of drug-likeness (QED) is 0.574. The van der Waals surface area contributed by atoms with E-state index in [4.69, 9.17) is 0 Å². The first-order valence-electron chi connectivity index (χ1n) is 10.2. The van der Waals surface area contributed by atoms with Crippen molar-refractivity contribution in [2.24, 2.45) is 14.1 Å². The zero-order chi connectivity index (χ0) is 21.1. The van der Waals surface area contributed by atoms with Crippen molar-refractivity contribution in [2.75, 3.05) is 31.5 Å². The normalized spacial score (nSPS) is 12.6. The number of quaternary nitrogens is 1. The fourth-order valence-corrected chi connectivity index (χ4v) is 3.75. The van der Waals surface area contributed by atoms with Crippen molar-refractivity contribution in [3.63, 3.8) is 0 Å². The maximum Gasteiger partial charge on any atom is 0.332 e. The van der Waals surface area contributed by atoms with Gasteiger partial charge in [0.15, 0.2) is 11.2 Å². The third-order valence-electron chi connectivity index (χ3n) is 5.72. The molecule has 29 heavy (non-hydrogen) atoms. The van der Waals surface area contributed by atoms with E-state index in [9.17, 15) is 9.59 Å². The highest BCUT2D eigenvalue weighted by atomic mass is 16.2. The average molecular weight is 400 g/mol. The van der Waals surface area contributed by atoms with Crippen molar-refractivity contribution >= 4 is 17.1 Å². The van der Waals surface area contributed by atoms with Crippen LogP contribution >= 0.6 is 0 Å². The minimum absolute atomic E-state index is 0.116. The number of anilines is 1. The van der Waals surface area contributed by atoms with Crippen LogP contribution in [0.4, 0.5) is 5.95 Å². The number of aromatic nitrogens is 4. The van der Waals surface area contributed by atoms with Crippen LogP contribution in [0.2, 0.25) is 0 Å². The number of hydrogen-bond acceptors (Lipinski definition) is 4. The number of likely N-dealkylation sites (N-methyl/N-ethyl adjacent to an activating group) is 1. The second-order valence-electron chi connectivity index (χ2n) is 7.40. The molecule has 1 atom stereocenters. The van der Waals surface area contributed by atoms with E-state index in [0.717, 1.165) is 36.3 Å². The predicted octanol–water partition coefficient (Wildman–Crippen LogP) is 0.380. The number of fused-ring (bicyclic) bond motifs is 1.